The summed E-state index contributed by atoms with van der Waals surface area (Å²) in [5, 5.41) is 0. The van der Waals surface area contributed by atoms with E-state index in [9.17, 15) is 0 Å². The van der Waals surface area contributed by atoms with Crippen LogP contribution in [-0.4, -0.2) is 6.61 Å². The third-order valence-electron chi connectivity index (χ3n) is 2.60. The van der Waals surface area contributed by atoms with Crippen LogP contribution in [-0.2, 0) is 0 Å². The molecule has 2 heteroatoms. The van der Waals surface area contributed by atoms with Crippen molar-refractivity contribution >= 4 is 15.9 Å². The van der Waals surface area contributed by atoms with Crippen molar-refractivity contribution in [3.05, 3.63) is 52.0 Å². The molecule has 0 amide bonds. The molecule has 1 aromatic carbocycles. The summed E-state index contributed by atoms with van der Waals surface area (Å²) in [6.45, 7) is 7.05. The fraction of sp³-hybridized carbons (Fsp3) is 0.375. The molecule has 0 aliphatic heterocycles. The van der Waals surface area contributed by atoms with Gasteiger partial charge >= 0.3 is 0 Å². The Hall–Kier alpha value is -1.02. The van der Waals surface area contributed by atoms with Gasteiger partial charge in [0.15, 0.2) is 0 Å². The van der Waals surface area contributed by atoms with Crippen LogP contribution in [0.5, 0.6) is 5.75 Å². The van der Waals surface area contributed by atoms with E-state index in [1.165, 1.54) is 11.1 Å². The van der Waals surface area contributed by atoms with E-state index in [2.05, 4.69) is 48.9 Å². The predicted molar refractivity (Wildman–Crippen MR) is 82.1 cm³/mol. The number of ether oxygens (including phenoxy) is 1. The van der Waals surface area contributed by atoms with Crippen molar-refractivity contribution < 1.29 is 4.74 Å². The van der Waals surface area contributed by atoms with Gasteiger partial charge in [0.2, 0.25) is 0 Å². The van der Waals surface area contributed by atoms with Crippen molar-refractivity contribution in [1.82, 2.24) is 0 Å². The van der Waals surface area contributed by atoms with Crippen molar-refractivity contribution in [3.8, 4) is 5.75 Å². The van der Waals surface area contributed by atoms with E-state index in [1.54, 1.807) is 0 Å². The molecule has 0 radical (unpaired) electrons. The Morgan fingerprint density at radius 3 is 2.56 bits per heavy atom. The van der Waals surface area contributed by atoms with Crippen molar-refractivity contribution in [2.24, 2.45) is 0 Å². The molecule has 0 fully saturated rings. The van der Waals surface area contributed by atoms with Gasteiger partial charge in [-0.3, -0.25) is 0 Å². The first-order chi connectivity index (χ1) is 8.59. The highest BCUT2D eigenvalue weighted by Gasteiger charge is 1.97. The predicted octanol–water partition coefficient (Wildman–Crippen LogP) is 5.52. The van der Waals surface area contributed by atoms with Gasteiger partial charge in [0, 0.05) is 0 Å². The number of allylic oxidation sites excluding steroid dienone is 3. The summed E-state index contributed by atoms with van der Waals surface area (Å²) in [6.07, 6.45) is 6.63. The minimum Gasteiger partial charge on any atom is -0.488 e. The summed E-state index contributed by atoms with van der Waals surface area (Å²) < 4.78 is 6.70. The lowest BCUT2D eigenvalue weighted by Gasteiger charge is -2.06. The fourth-order valence-corrected chi connectivity index (χ4v) is 1.93. The van der Waals surface area contributed by atoms with E-state index >= 15 is 0 Å². The van der Waals surface area contributed by atoms with E-state index in [0.717, 1.165) is 23.1 Å². The highest BCUT2D eigenvalue weighted by Crippen LogP contribution is 2.23. The quantitative estimate of drug-likeness (QED) is 0.629. The third-order valence-corrected chi connectivity index (χ3v) is 3.25. The Balaban J connectivity index is 2.36. The average molecular weight is 309 g/mol. The maximum atomic E-state index is 5.70. The van der Waals surface area contributed by atoms with E-state index in [4.69, 9.17) is 4.74 Å². The molecule has 0 heterocycles. The van der Waals surface area contributed by atoms with Gasteiger partial charge in [-0.2, -0.15) is 0 Å². The number of hydrogen-bond acceptors (Lipinski definition) is 1. The lowest BCUT2D eigenvalue weighted by molar-refractivity contribution is 0.359. The number of hydrogen-bond donors (Lipinski definition) is 0. The van der Waals surface area contributed by atoms with Gasteiger partial charge in [0.25, 0.3) is 0 Å². The van der Waals surface area contributed by atoms with Crippen LogP contribution in [0.3, 0.4) is 0 Å². The number of benzene rings is 1. The second-order valence-corrected chi connectivity index (χ2v) is 5.47. The van der Waals surface area contributed by atoms with Gasteiger partial charge in [-0.15, -0.1) is 0 Å². The summed E-state index contributed by atoms with van der Waals surface area (Å²) in [4.78, 5) is 0. The molecular formula is C16H21BrO. The molecule has 1 rings (SSSR count). The maximum Gasteiger partial charge on any atom is 0.133 e. The summed E-state index contributed by atoms with van der Waals surface area (Å²) in [7, 11) is 0. The van der Waals surface area contributed by atoms with E-state index in [-0.39, 0.29) is 0 Å². The molecule has 0 unspecified atom stereocenters. The minimum absolute atomic E-state index is 0.628. The molecule has 0 atom stereocenters. The van der Waals surface area contributed by atoms with Crippen molar-refractivity contribution in [2.45, 2.75) is 33.6 Å². The van der Waals surface area contributed by atoms with E-state index in [0.29, 0.717) is 6.61 Å². The molecule has 0 spiro atoms. The molecule has 18 heavy (non-hydrogen) atoms. The van der Waals surface area contributed by atoms with Gasteiger partial charge in [-0.05, 0) is 67.8 Å². The van der Waals surface area contributed by atoms with Crippen LogP contribution in [0.4, 0.5) is 0 Å². The maximum absolute atomic E-state index is 5.70. The summed E-state index contributed by atoms with van der Waals surface area (Å²) in [5.74, 6) is 0.894. The molecular weight excluding hydrogens is 288 g/mol. The van der Waals surface area contributed by atoms with Crippen molar-refractivity contribution in [2.75, 3.05) is 6.61 Å². The molecule has 1 aromatic rings. The zero-order chi connectivity index (χ0) is 13.4. The second-order valence-electron chi connectivity index (χ2n) is 4.61. The molecule has 0 saturated carbocycles. The first-order valence-electron chi connectivity index (χ1n) is 6.26. The SMILES string of the molecule is CC(C)=CCC/C(C)=C\COc1ccccc1Br. The Labute approximate surface area is 119 Å². The number of rotatable bonds is 6. The Morgan fingerprint density at radius 1 is 1.17 bits per heavy atom. The molecule has 0 saturated heterocycles. The smallest absolute Gasteiger partial charge is 0.133 e. The average Bonchev–Trinajstić information content (AvgIpc) is 2.31. The van der Waals surface area contributed by atoms with Crippen LogP contribution >= 0.6 is 15.9 Å². The monoisotopic (exact) mass is 308 g/mol. The van der Waals surface area contributed by atoms with Gasteiger partial charge in [-0.25, -0.2) is 0 Å². The first-order valence-corrected chi connectivity index (χ1v) is 7.05. The molecule has 0 N–H and O–H groups in total. The normalized spacial score (nSPS) is 11.2. The fourth-order valence-electron chi connectivity index (χ4n) is 1.53. The first kappa shape index (κ1) is 15.0. The third kappa shape index (κ3) is 6.06. The van der Waals surface area contributed by atoms with Gasteiger partial charge in [0.05, 0.1) is 4.47 Å². The topological polar surface area (TPSA) is 9.23 Å². The Kier molecular flexibility index (Phi) is 6.81. The summed E-state index contributed by atoms with van der Waals surface area (Å²) in [5.41, 5.74) is 2.76. The Bertz CT molecular complexity index is 428. The molecule has 0 bridgehead atoms. The van der Waals surface area contributed by atoms with Crippen LogP contribution in [0, 0.1) is 0 Å². The van der Waals surface area contributed by atoms with Crippen LogP contribution < -0.4 is 4.74 Å². The van der Waals surface area contributed by atoms with Crippen LogP contribution in [0.15, 0.2) is 52.0 Å². The molecule has 0 aliphatic carbocycles. The van der Waals surface area contributed by atoms with E-state index in [1.807, 2.05) is 24.3 Å². The molecule has 0 aliphatic rings. The van der Waals surface area contributed by atoms with E-state index < -0.39 is 0 Å². The van der Waals surface area contributed by atoms with Gasteiger partial charge < -0.3 is 4.74 Å². The van der Waals surface area contributed by atoms with Crippen molar-refractivity contribution in [1.29, 1.82) is 0 Å². The van der Waals surface area contributed by atoms with Gasteiger partial charge in [0.1, 0.15) is 12.4 Å². The number of para-hydroxylation sites is 1. The zero-order valence-electron chi connectivity index (χ0n) is 11.4. The number of halogens is 1. The minimum atomic E-state index is 0.628. The largest absolute Gasteiger partial charge is 0.488 e. The van der Waals surface area contributed by atoms with Crippen LogP contribution in [0.2, 0.25) is 0 Å². The van der Waals surface area contributed by atoms with Crippen LogP contribution in [0.1, 0.15) is 33.6 Å². The summed E-state index contributed by atoms with van der Waals surface area (Å²) >= 11 is 3.47. The lowest BCUT2D eigenvalue weighted by Crippen LogP contribution is -1.95. The summed E-state index contributed by atoms with van der Waals surface area (Å²) in [6, 6.07) is 7.92. The second kappa shape index (κ2) is 8.15. The van der Waals surface area contributed by atoms with Crippen LogP contribution in [0.25, 0.3) is 0 Å². The molecule has 0 aromatic heterocycles. The van der Waals surface area contributed by atoms with Gasteiger partial charge in [-0.1, -0.05) is 29.4 Å². The standard InChI is InChI=1S/C16H21BrO/c1-13(2)7-6-8-14(3)11-12-18-16-10-5-4-9-15(16)17/h4-5,7,9-11H,6,8,12H2,1-3H3/b14-11-. The molecule has 98 valence electrons. The highest BCUT2D eigenvalue weighted by atomic mass is 79.9. The highest BCUT2D eigenvalue weighted by molar-refractivity contribution is 9.10. The zero-order valence-corrected chi connectivity index (χ0v) is 13.0. The lowest BCUT2D eigenvalue weighted by atomic mass is 10.1. The Morgan fingerprint density at radius 2 is 1.89 bits per heavy atom. The molecule has 1 nitrogen and oxygen atoms in total. The van der Waals surface area contributed by atoms with Crippen molar-refractivity contribution in [3.63, 3.8) is 0 Å².